The van der Waals surface area contributed by atoms with Crippen LogP contribution in [-0.4, -0.2) is 25.3 Å². The van der Waals surface area contributed by atoms with Crippen LogP contribution >= 0.6 is 0 Å². The molecule has 1 aliphatic carbocycles. The van der Waals surface area contributed by atoms with Crippen LogP contribution in [0.1, 0.15) is 39.0 Å². The third-order valence-corrected chi connectivity index (χ3v) is 3.32. The van der Waals surface area contributed by atoms with Gasteiger partial charge in [0.05, 0.1) is 6.10 Å². The third kappa shape index (κ3) is 2.44. The van der Waals surface area contributed by atoms with E-state index in [4.69, 9.17) is 4.74 Å². The second kappa shape index (κ2) is 4.43. The van der Waals surface area contributed by atoms with Gasteiger partial charge in [-0.05, 0) is 44.6 Å². The number of fused-ring (bicyclic) bond motifs is 4. The molecule has 3 fully saturated rings. The largest absolute Gasteiger partial charge is 0.378 e. The van der Waals surface area contributed by atoms with Gasteiger partial charge in [-0.15, -0.1) is 0 Å². The number of ether oxygens (including phenoxy) is 1. The number of rotatable bonds is 3. The molecule has 2 heterocycles. The molecular formula is C11H21NO. The summed E-state index contributed by atoms with van der Waals surface area (Å²) in [6, 6.07) is 0.751. The molecule has 0 amide bonds. The maximum Gasteiger partial charge on any atom is 0.0593 e. The van der Waals surface area contributed by atoms with Crippen molar-refractivity contribution in [3.8, 4) is 0 Å². The van der Waals surface area contributed by atoms with Crippen molar-refractivity contribution in [2.75, 3.05) is 13.2 Å². The van der Waals surface area contributed by atoms with Gasteiger partial charge in [0.15, 0.2) is 0 Å². The van der Waals surface area contributed by atoms with Gasteiger partial charge >= 0.3 is 0 Å². The number of hydrogen-bond donors (Lipinski definition) is 1. The maximum atomic E-state index is 5.85. The van der Waals surface area contributed by atoms with Crippen LogP contribution in [0.25, 0.3) is 0 Å². The minimum atomic E-state index is 0.549. The summed E-state index contributed by atoms with van der Waals surface area (Å²) in [7, 11) is 0. The van der Waals surface area contributed by atoms with E-state index in [0.717, 1.165) is 25.0 Å². The minimum Gasteiger partial charge on any atom is -0.378 e. The van der Waals surface area contributed by atoms with Gasteiger partial charge in [0.2, 0.25) is 0 Å². The highest BCUT2D eigenvalue weighted by Crippen LogP contribution is 2.29. The van der Waals surface area contributed by atoms with Crippen LogP contribution in [0.3, 0.4) is 0 Å². The van der Waals surface area contributed by atoms with Gasteiger partial charge in [-0.2, -0.15) is 0 Å². The molecule has 3 rings (SSSR count). The van der Waals surface area contributed by atoms with Gasteiger partial charge in [-0.1, -0.05) is 6.92 Å². The molecule has 2 bridgehead atoms. The Labute approximate surface area is 81.0 Å². The molecule has 1 N–H and O–H groups in total. The number of piperidine rings is 1. The van der Waals surface area contributed by atoms with E-state index in [2.05, 4.69) is 12.2 Å². The highest BCUT2D eigenvalue weighted by Gasteiger charge is 2.30. The summed E-state index contributed by atoms with van der Waals surface area (Å²) in [5.74, 6) is 0.889. The minimum absolute atomic E-state index is 0.549. The summed E-state index contributed by atoms with van der Waals surface area (Å²) in [4.78, 5) is 0. The topological polar surface area (TPSA) is 21.3 Å². The van der Waals surface area contributed by atoms with E-state index in [1.807, 2.05) is 0 Å². The maximum absolute atomic E-state index is 5.85. The molecule has 2 heteroatoms. The fraction of sp³-hybridized carbons (Fsp3) is 1.00. The lowest BCUT2D eigenvalue weighted by atomic mass is 9.97. The Morgan fingerprint density at radius 2 is 2.23 bits per heavy atom. The molecule has 13 heavy (non-hydrogen) atoms. The van der Waals surface area contributed by atoms with E-state index in [-0.39, 0.29) is 0 Å². The zero-order chi connectivity index (χ0) is 9.10. The lowest BCUT2D eigenvalue weighted by Crippen LogP contribution is -2.36. The summed E-state index contributed by atoms with van der Waals surface area (Å²) in [5, 5.41) is 3.61. The molecule has 0 aromatic rings. The lowest BCUT2D eigenvalue weighted by Gasteiger charge is -2.23. The number of hydrogen-bond acceptors (Lipinski definition) is 2. The fourth-order valence-electron chi connectivity index (χ4n) is 2.58. The second-order valence-corrected chi connectivity index (χ2v) is 4.51. The average molecular weight is 183 g/mol. The highest BCUT2D eigenvalue weighted by molar-refractivity contribution is 4.86. The van der Waals surface area contributed by atoms with Gasteiger partial charge in [0.25, 0.3) is 0 Å². The van der Waals surface area contributed by atoms with Gasteiger partial charge in [-0.3, -0.25) is 0 Å². The van der Waals surface area contributed by atoms with Crippen LogP contribution in [0.4, 0.5) is 0 Å². The first-order valence-corrected chi connectivity index (χ1v) is 5.73. The normalized spacial score (nSPS) is 39.0. The molecule has 0 radical (unpaired) electrons. The van der Waals surface area contributed by atoms with E-state index in [1.54, 1.807) is 0 Å². The van der Waals surface area contributed by atoms with E-state index < -0.39 is 0 Å². The quantitative estimate of drug-likeness (QED) is 0.722. The van der Waals surface area contributed by atoms with Crippen molar-refractivity contribution in [3.05, 3.63) is 0 Å². The van der Waals surface area contributed by atoms with Crippen LogP contribution < -0.4 is 5.32 Å². The first-order chi connectivity index (χ1) is 6.38. The van der Waals surface area contributed by atoms with Crippen molar-refractivity contribution in [3.63, 3.8) is 0 Å². The lowest BCUT2D eigenvalue weighted by molar-refractivity contribution is 0.0384. The van der Waals surface area contributed by atoms with Crippen molar-refractivity contribution >= 4 is 0 Å². The molecule has 76 valence electrons. The molecule has 0 aromatic heterocycles. The molecule has 2 saturated heterocycles. The fourth-order valence-corrected chi connectivity index (χ4v) is 2.58. The Balaban J connectivity index is 1.84. The standard InChI is InChI=1S/C11H21NO/c1-2-5-13-11-6-9-3-4-10(7-11)12-8-9/h9-12H,2-8H2,1H3/t9?,10-,11-/m0/s1. The Morgan fingerprint density at radius 1 is 1.31 bits per heavy atom. The molecule has 1 unspecified atom stereocenters. The average Bonchev–Trinajstić information content (AvgIpc) is 2.46. The van der Waals surface area contributed by atoms with Gasteiger partial charge in [-0.25, -0.2) is 0 Å². The van der Waals surface area contributed by atoms with Crippen LogP contribution in [0.5, 0.6) is 0 Å². The van der Waals surface area contributed by atoms with Gasteiger partial charge in [0.1, 0.15) is 0 Å². The zero-order valence-corrected chi connectivity index (χ0v) is 8.59. The van der Waals surface area contributed by atoms with Crippen molar-refractivity contribution in [1.82, 2.24) is 5.32 Å². The highest BCUT2D eigenvalue weighted by atomic mass is 16.5. The molecule has 3 aliphatic rings. The number of nitrogens with one attached hydrogen (secondary N) is 1. The molecule has 1 saturated carbocycles. The Morgan fingerprint density at radius 3 is 2.92 bits per heavy atom. The van der Waals surface area contributed by atoms with E-state index in [0.29, 0.717) is 6.10 Å². The van der Waals surface area contributed by atoms with E-state index in [9.17, 15) is 0 Å². The van der Waals surface area contributed by atoms with Crippen molar-refractivity contribution in [2.24, 2.45) is 5.92 Å². The van der Waals surface area contributed by atoms with Gasteiger partial charge in [0, 0.05) is 12.6 Å². The molecule has 3 atom stereocenters. The summed E-state index contributed by atoms with van der Waals surface area (Å²) < 4.78 is 5.85. The Kier molecular flexibility index (Phi) is 3.23. The molecule has 2 nitrogen and oxygen atoms in total. The Hall–Kier alpha value is -0.0800. The zero-order valence-electron chi connectivity index (χ0n) is 8.59. The first-order valence-electron chi connectivity index (χ1n) is 5.73. The SMILES string of the molecule is CCCO[C@H]1CC2CC[C@@H](C1)NC2. The summed E-state index contributed by atoms with van der Waals surface area (Å²) >= 11 is 0. The smallest absolute Gasteiger partial charge is 0.0593 e. The van der Waals surface area contributed by atoms with Crippen LogP contribution in [0.15, 0.2) is 0 Å². The van der Waals surface area contributed by atoms with Crippen molar-refractivity contribution in [2.45, 2.75) is 51.2 Å². The first kappa shape index (κ1) is 9.47. The summed E-state index contributed by atoms with van der Waals surface area (Å²) in [6.45, 7) is 4.37. The summed E-state index contributed by atoms with van der Waals surface area (Å²) in [5.41, 5.74) is 0. The monoisotopic (exact) mass is 183 g/mol. The van der Waals surface area contributed by atoms with Crippen molar-refractivity contribution in [1.29, 1.82) is 0 Å². The molecular weight excluding hydrogens is 162 g/mol. The molecule has 0 spiro atoms. The van der Waals surface area contributed by atoms with Crippen LogP contribution in [0.2, 0.25) is 0 Å². The predicted molar refractivity (Wildman–Crippen MR) is 53.8 cm³/mol. The third-order valence-electron chi connectivity index (χ3n) is 3.32. The molecule has 0 aromatic carbocycles. The summed E-state index contributed by atoms with van der Waals surface area (Å²) in [6.07, 6.45) is 7.03. The van der Waals surface area contributed by atoms with Gasteiger partial charge < -0.3 is 10.1 Å². The van der Waals surface area contributed by atoms with Crippen LogP contribution in [0, 0.1) is 5.92 Å². The molecule has 2 aliphatic heterocycles. The second-order valence-electron chi connectivity index (χ2n) is 4.51. The Bertz CT molecular complexity index is 138. The van der Waals surface area contributed by atoms with E-state index >= 15 is 0 Å². The predicted octanol–water partition coefficient (Wildman–Crippen LogP) is 1.94. The van der Waals surface area contributed by atoms with Crippen LogP contribution in [-0.2, 0) is 4.74 Å². The van der Waals surface area contributed by atoms with E-state index in [1.165, 1.54) is 32.2 Å². The van der Waals surface area contributed by atoms with Crippen molar-refractivity contribution < 1.29 is 4.74 Å².